The van der Waals surface area contributed by atoms with Crippen LogP contribution < -0.4 is 4.72 Å². The molecule has 0 aliphatic heterocycles. The molecule has 0 saturated heterocycles. The molecule has 2 aromatic carbocycles. The highest BCUT2D eigenvalue weighted by Gasteiger charge is 2.17. The number of hydrogen-bond donors (Lipinski definition) is 1. The highest BCUT2D eigenvalue weighted by molar-refractivity contribution is 7.92. The van der Waals surface area contributed by atoms with Gasteiger partial charge in [-0.25, -0.2) is 17.8 Å². The Morgan fingerprint density at radius 2 is 1.75 bits per heavy atom. The van der Waals surface area contributed by atoms with E-state index in [-0.39, 0.29) is 17.4 Å². The number of anilines is 1. The molecule has 9 heteroatoms. The van der Waals surface area contributed by atoms with Gasteiger partial charge in [0.15, 0.2) is 0 Å². The first kappa shape index (κ1) is 20.6. The second kappa shape index (κ2) is 8.94. The van der Waals surface area contributed by atoms with Gasteiger partial charge in [0.05, 0.1) is 11.4 Å². The third-order valence-corrected chi connectivity index (χ3v) is 6.25. The van der Waals surface area contributed by atoms with Gasteiger partial charge in [0.25, 0.3) is 16.0 Å². The molecule has 0 aliphatic rings. The minimum absolute atomic E-state index is 0.0155. The summed E-state index contributed by atoms with van der Waals surface area (Å²) in [5.41, 5.74) is 1.80. The quantitative estimate of drug-likeness (QED) is 0.548. The van der Waals surface area contributed by atoms with Crippen molar-refractivity contribution in [3.8, 4) is 0 Å². The van der Waals surface area contributed by atoms with Crippen LogP contribution in [0.4, 0.5) is 5.95 Å². The highest BCUT2D eigenvalue weighted by atomic mass is 35.5. The van der Waals surface area contributed by atoms with Gasteiger partial charge in [-0.15, -0.1) is 5.10 Å². The Balaban J connectivity index is 1.71. The van der Waals surface area contributed by atoms with Crippen LogP contribution in [-0.4, -0.2) is 23.2 Å². The molecule has 28 heavy (non-hydrogen) atoms. The molecule has 1 aromatic heterocycles. The van der Waals surface area contributed by atoms with Crippen molar-refractivity contribution in [2.45, 2.75) is 37.6 Å². The van der Waals surface area contributed by atoms with Gasteiger partial charge >= 0.3 is 0 Å². The number of unbranched alkanes of at least 4 members (excludes halogenated alkanes) is 1. The number of aryl methyl sites for hydroxylation is 1. The summed E-state index contributed by atoms with van der Waals surface area (Å²) in [6.45, 7) is 2.40. The van der Waals surface area contributed by atoms with Crippen molar-refractivity contribution < 1.29 is 8.42 Å². The lowest BCUT2D eigenvalue weighted by atomic mass is 10.1. The van der Waals surface area contributed by atoms with E-state index in [4.69, 9.17) is 23.2 Å². The van der Waals surface area contributed by atoms with Gasteiger partial charge in [0, 0.05) is 15.6 Å². The molecule has 0 fully saturated rings. The summed E-state index contributed by atoms with van der Waals surface area (Å²) < 4.78 is 29.0. The smallest absolute Gasteiger partial charge is 0.246 e. The first-order chi connectivity index (χ1) is 13.4. The molecule has 0 amide bonds. The number of hydrogen-bond acceptors (Lipinski definition) is 4. The molecular weight excluding hydrogens is 419 g/mol. The molecule has 3 rings (SSSR count). The zero-order valence-electron chi connectivity index (χ0n) is 15.3. The van der Waals surface area contributed by atoms with Crippen LogP contribution in [0.25, 0.3) is 0 Å². The van der Waals surface area contributed by atoms with Gasteiger partial charge in [0.1, 0.15) is 6.33 Å². The predicted molar refractivity (Wildman–Crippen MR) is 111 cm³/mol. The second-order valence-corrected chi connectivity index (χ2v) is 8.82. The number of benzene rings is 2. The van der Waals surface area contributed by atoms with Gasteiger partial charge < -0.3 is 0 Å². The lowest BCUT2D eigenvalue weighted by Gasteiger charge is -2.07. The minimum atomic E-state index is -3.77. The van der Waals surface area contributed by atoms with E-state index in [2.05, 4.69) is 21.7 Å². The van der Waals surface area contributed by atoms with Gasteiger partial charge in [-0.05, 0) is 42.7 Å². The predicted octanol–water partition coefficient (Wildman–Crippen LogP) is 4.78. The van der Waals surface area contributed by atoms with Crippen molar-refractivity contribution in [2.75, 3.05) is 4.72 Å². The van der Waals surface area contributed by atoms with Crippen LogP contribution in [0.15, 0.2) is 53.7 Å². The van der Waals surface area contributed by atoms with Crippen molar-refractivity contribution in [2.24, 2.45) is 0 Å². The fourth-order valence-electron chi connectivity index (χ4n) is 2.66. The molecule has 0 spiro atoms. The summed E-state index contributed by atoms with van der Waals surface area (Å²) in [6, 6.07) is 12.1. The number of halogens is 2. The number of nitrogens with zero attached hydrogens (tertiary/aromatic N) is 3. The standard InChI is InChI=1S/C19H20Cl2N4O2S/c1-2-3-5-14-8-10-15(11-9-14)28(26,27)24-19-22-13-25(23-19)12-16-17(20)6-4-7-18(16)21/h4,6-11,13H,2-3,5,12H2,1H3,(H,23,24). The highest BCUT2D eigenvalue weighted by Crippen LogP contribution is 2.25. The molecule has 0 atom stereocenters. The third-order valence-electron chi connectivity index (χ3n) is 4.20. The zero-order chi connectivity index (χ0) is 20.1. The zero-order valence-corrected chi connectivity index (χ0v) is 17.6. The maximum absolute atomic E-state index is 12.6. The van der Waals surface area contributed by atoms with Crippen molar-refractivity contribution in [1.29, 1.82) is 0 Å². The average Bonchev–Trinajstić information content (AvgIpc) is 3.10. The van der Waals surface area contributed by atoms with E-state index < -0.39 is 10.0 Å². The summed E-state index contributed by atoms with van der Waals surface area (Å²) >= 11 is 12.3. The Kier molecular flexibility index (Phi) is 6.59. The van der Waals surface area contributed by atoms with Crippen LogP contribution in [-0.2, 0) is 23.0 Å². The van der Waals surface area contributed by atoms with Crippen LogP contribution in [0.3, 0.4) is 0 Å². The Morgan fingerprint density at radius 1 is 1.07 bits per heavy atom. The van der Waals surface area contributed by atoms with Gasteiger partial charge in [-0.2, -0.15) is 4.98 Å². The largest absolute Gasteiger partial charge is 0.264 e. The molecule has 0 unspecified atom stereocenters. The molecule has 0 aliphatic carbocycles. The van der Waals surface area contributed by atoms with Crippen LogP contribution >= 0.6 is 23.2 Å². The summed E-state index contributed by atoms with van der Waals surface area (Å²) in [5.74, 6) is -0.0155. The SMILES string of the molecule is CCCCc1ccc(S(=O)(=O)Nc2ncn(Cc3c(Cl)cccc3Cl)n2)cc1. The Bertz CT molecular complexity index is 1030. The topological polar surface area (TPSA) is 76.9 Å². The van der Waals surface area contributed by atoms with Crippen LogP contribution in [0.5, 0.6) is 0 Å². The number of rotatable bonds is 8. The van der Waals surface area contributed by atoms with E-state index in [0.717, 1.165) is 24.8 Å². The fourth-order valence-corrected chi connectivity index (χ4v) is 4.12. The first-order valence-electron chi connectivity index (χ1n) is 8.83. The molecule has 0 bridgehead atoms. The molecule has 1 N–H and O–H groups in total. The molecule has 0 radical (unpaired) electrons. The lowest BCUT2D eigenvalue weighted by Crippen LogP contribution is -2.14. The van der Waals surface area contributed by atoms with Crippen molar-refractivity contribution in [3.05, 3.63) is 70.0 Å². The first-order valence-corrected chi connectivity index (χ1v) is 11.1. The molecular formula is C19H20Cl2N4O2S. The van der Waals surface area contributed by atoms with Crippen molar-refractivity contribution >= 4 is 39.2 Å². The van der Waals surface area contributed by atoms with Gasteiger partial charge in [-0.1, -0.05) is 54.7 Å². The molecule has 148 valence electrons. The molecule has 3 aromatic rings. The Labute approximate surface area is 174 Å². The van der Waals surface area contributed by atoms with E-state index in [1.807, 2.05) is 12.1 Å². The molecule has 0 saturated carbocycles. The summed E-state index contributed by atoms with van der Waals surface area (Å²) in [4.78, 5) is 4.18. The Hall–Kier alpha value is -2.09. The average molecular weight is 439 g/mol. The van der Waals surface area contributed by atoms with E-state index in [1.54, 1.807) is 30.3 Å². The van der Waals surface area contributed by atoms with Crippen molar-refractivity contribution in [3.63, 3.8) is 0 Å². The van der Waals surface area contributed by atoms with Crippen molar-refractivity contribution in [1.82, 2.24) is 14.8 Å². The van der Waals surface area contributed by atoms with Crippen LogP contribution in [0.2, 0.25) is 10.0 Å². The van der Waals surface area contributed by atoms with Crippen LogP contribution in [0, 0.1) is 0 Å². The number of aromatic nitrogens is 3. The monoisotopic (exact) mass is 438 g/mol. The van der Waals surface area contributed by atoms with E-state index in [1.165, 1.54) is 11.0 Å². The summed E-state index contributed by atoms with van der Waals surface area (Å²) in [6.07, 6.45) is 4.52. The summed E-state index contributed by atoms with van der Waals surface area (Å²) in [7, 11) is -3.77. The second-order valence-electron chi connectivity index (χ2n) is 6.32. The maximum atomic E-state index is 12.6. The fraction of sp³-hybridized carbons (Fsp3) is 0.263. The van der Waals surface area contributed by atoms with E-state index in [0.29, 0.717) is 15.6 Å². The van der Waals surface area contributed by atoms with E-state index >= 15 is 0 Å². The van der Waals surface area contributed by atoms with Gasteiger partial charge in [-0.3, -0.25) is 0 Å². The number of nitrogens with one attached hydrogen (secondary N) is 1. The minimum Gasteiger partial charge on any atom is -0.246 e. The van der Waals surface area contributed by atoms with Crippen LogP contribution in [0.1, 0.15) is 30.9 Å². The Morgan fingerprint density at radius 3 is 2.39 bits per heavy atom. The third kappa shape index (κ3) is 5.04. The number of sulfonamides is 1. The molecule has 1 heterocycles. The lowest BCUT2D eigenvalue weighted by molar-refractivity contribution is 0.600. The normalized spacial score (nSPS) is 11.5. The van der Waals surface area contributed by atoms with Gasteiger partial charge in [0.2, 0.25) is 0 Å². The van der Waals surface area contributed by atoms with E-state index in [9.17, 15) is 8.42 Å². The molecule has 6 nitrogen and oxygen atoms in total. The maximum Gasteiger partial charge on any atom is 0.264 e. The summed E-state index contributed by atoms with van der Waals surface area (Å²) in [5, 5.41) is 5.17.